The molecule has 0 fully saturated rings. The first-order valence-corrected chi connectivity index (χ1v) is 8.18. The zero-order valence-corrected chi connectivity index (χ0v) is 14.2. The van der Waals surface area contributed by atoms with E-state index < -0.39 is 50.5 Å². The smallest absolute Gasteiger partial charge is 0.338 e. The van der Waals surface area contributed by atoms with Crippen LogP contribution in [0.5, 0.6) is 11.5 Å². The lowest BCUT2D eigenvalue weighted by Crippen LogP contribution is -2.22. The highest BCUT2D eigenvalue weighted by Crippen LogP contribution is 2.50. The van der Waals surface area contributed by atoms with E-state index in [1.807, 2.05) is 0 Å². The van der Waals surface area contributed by atoms with E-state index in [2.05, 4.69) is 5.32 Å². The van der Waals surface area contributed by atoms with Crippen LogP contribution in [-0.2, 0) is 0 Å². The van der Waals surface area contributed by atoms with Crippen LogP contribution in [0.1, 0.15) is 31.8 Å². The molecule has 3 aromatic rings. The summed E-state index contributed by atoms with van der Waals surface area (Å²) >= 11 is 0. The van der Waals surface area contributed by atoms with Crippen molar-refractivity contribution in [3.05, 3.63) is 87.0 Å². The minimum Gasteiger partial charge on any atom is -0.505 e. The Balaban J connectivity index is 2.03. The van der Waals surface area contributed by atoms with Gasteiger partial charge in [-0.2, -0.15) is 0 Å². The molecule has 1 aliphatic carbocycles. The molecule has 0 atom stereocenters. The number of aromatic hydroxyl groups is 2. The summed E-state index contributed by atoms with van der Waals surface area (Å²) < 4.78 is 0. The van der Waals surface area contributed by atoms with Gasteiger partial charge in [0.05, 0.1) is 16.1 Å². The maximum absolute atomic E-state index is 12.9. The first kappa shape index (κ1) is 17.2. The number of carbonyl (C=O) groups excluding carboxylic acids is 2. The van der Waals surface area contributed by atoms with Gasteiger partial charge in [-0.25, -0.2) is 0 Å². The molecule has 0 aliphatic heterocycles. The molecule has 0 radical (unpaired) electrons. The highest BCUT2D eigenvalue weighted by atomic mass is 16.6. The molecule has 8 heteroatoms. The summed E-state index contributed by atoms with van der Waals surface area (Å²) in [5.41, 5.74) is -1.96. The molecule has 0 aromatic heterocycles. The van der Waals surface area contributed by atoms with Crippen LogP contribution in [0, 0.1) is 10.1 Å². The summed E-state index contributed by atoms with van der Waals surface area (Å²) in [5, 5.41) is 35.5. The molecule has 1 aliphatic rings. The second-order valence-electron chi connectivity index (χ2n) is 6.12. The van der Waals surface area contributed by atoms with Crippen molar-refractivity contribution in [2.24, 2.45) is 0 Å². The zero-order chi connectivity index (χ0) is 20.0. The minimum absolute atomic E-state index is 0.00719. The van der Waals surface area contributed by atoms with Gasteiger partial charge in [0, 0.05) is 16.8 Å². The van der Waals surface area contributed by atoms with Gasteiger partial charge in [-0.15, -0.1) is 0 Å². The van der Waals surface area contributed by atoms with Crippen molar-refractivity contribution < 1.29 is 24.7 Å². The molecule has 138 valence electrons. The van der Waals surface area contributed by atoms with E-state index in [-0.39, 0.29) is 11.1 Å². The molecule has 28 heavy (non-hydrogen) atoms. The third-order valence-corrected chi connectivity index (χ3v) is 4.52. The van der Waals surface area contributed by atoms with Gasteiger partial charge in [0.25, 0.3) is 0 Å². The van der Waals surface area contributed by atoms with Crippen LogP contribution in [0.3, 0.4) is 0 Å². The Labute approximate surface area is 157 Å². The van der Waals surface area contributed by atoms with E-state index in [4.69, 9.17) is 0 Å². The van der Waals surface area contributed by atoms with Gasteiger partial charge in [-0.05, 0) is 12.1 Å². The number of fused-ring (bicyclic) bond motifs is 2. The van der Waals surface area contributed by atoms with Crippen molar-refractivity contribution in [2.45, 2.75) is 0 Å². The van der Waals surface area contributed by atoms with Crippen LogP contribution in [0.15, 0.2) is 54.6 Å². The van der Waals surface area contributed by atoms with E-state index >= 15 is 0 Å². The number of phenols is 2. The number of hydrogen-bond donors (Lipinski definition) is 3. The van der Waals surface area contributed by atoms with E-state index in [9.17, 15) is 29.9 Å². The summed E-state index contributed by atoms with van der Waals surface area (Å²) in [4.78, 5) is 36.4. The van der Waals surface area contributed by atoms with E-state index in [0.717, 1.165) is 0 Å². The molecule has 0 spiro atoms. The number of para-hydroxylation sites is 1. The van der Waals surface area contributed by atoms with Gasteiger partial charge < -0.3 is 15.5 Å². The first-order chi connectivity index (χ1) is 13.4. The molecule has 0 saturated carbocycles. The minimum atomic E-state index is -0.968. The van der Waals surface area contributed by atoms with Crippen molar-refractivity contribution in [2.75, 3.05) is 5.32 Å². The molecule has 3 N–H and O–H groups in total. The fourth-order valence-electron chi connectivity index (χ4n) is 3.26. The number of benzene rings is 3. The monoisotopic (exact) mass is 376 g/mol. The Bertz CT molecular complexity index is 1170. The topological polar surface area (TPSA) is 130 Å². The van der Waals surface area contributed by atoms with Crippen molar-refractivity contribution in [1.29, 1.82) is 0 Å². The third kappa shape index (κ3) is 2.39. The summed E-state index contributed by atoms with van der Waals surface area (Å²) in [6, 6.07) is 14.1. The van der Waals surface area contributed by atoms with Gasteiger partial charge >= 0.3 is 5.69 Å². The summed E-state index contributed by atoms with van der Waals surface area (Å²) in [6.07, 6.45) is 0. The maximum Gasteiger partial charge on any atom is 0.338 e. The van der Waals surface area contributed by atoms with Crippen molar-refractivity contribution in [3.63, 3.8) is 0 Å². The number of carbonyl (C=O) groups is 2. The van der Waals surface area contributed by atoms with Crippen LogP contribution in [0.2, 0.25) is 0 Å². The maximum atomic E-state index is 12.9. The lowest BCUT2D eigenvalue weighted by molar-refractivity contribution is -0.385. The number of anilines is 2. The van der Waals surface area contributed by atoms with Crippen LogP contribution in [0.25, 0.3) is 0 Å². The summed E-state index contributed by atoms with van der Waals surface area (Å²) in [6.45, 7) is 0. The predicted octanol–water partition coefficient (Wildman–Crippen LogP) is 3.53. The predicted molar refractivity (Wildman–Crippen MR) is 99.5 cm³/mol. The van der Waals surface area contributed by atoms with Crippen molar-refractivity contribution in [3.8, 4) is 11.5 Å². The molecular weight excluding hydrogens is 364 g/mol. The molecule has 0 amide bonds. The van der Waals surface area contributed by atoms with E-state index in [1.165, 1.54) is 18.2 Å². The Morgan fingerprint density at radius 2 is 1.29 bits per heavy atom. The summed E-state index contributed by atoms with van der Waals surface area (Å²) in [7, 11) is 0. The van der Waals surface area contributed by atoms with Crippen LogP contribution in [0.4, 0.5) is 17.1 Å². The normalized spacial score (nSPS) is 12.3. The van der Waals surface area contributed by atoms with Gasteiger partial charge in [0.2, 0.25) is 5.75 Å². The average Bonchev–Trinajstić information content (AvgIpc) is 2.69. The number of ketones is 2. The van der Waals surface area contributed by atoms with Crippen molar-refractivity contribution >= 4 is 28.6 Å². The molecule has 0 heterocycles. The Kier molecular flexibility index (Phi) is 3.82. The molecule has 8 nitrogen and oxygen atoms in total. The zero-order valence-electron chi connectivity index (χ0n) is 14.2. The van der Waals surface area contributed by atoms with Crippen LogP contribution >= 0.6 is 0 Å². The Morgan fingerprint density at radius 1 is 0.786 bits per heavy atom. The van der Waals surface area contributed by atoms with E-state index in [0.29, 0.717) is 5.69 Å². The number of nitrogens with zero attached hydrogens (tertiary/aromatic N) is 1. The van der Waals surface area contributed by atoms with Crippen molar-refractivity contribution in [1.82, 2.24) is 0 Å². The van der Waals surface area contributed by atoms with E-state index in [1.54, 1.807) is 36.4 Å². The lowest BCUT2D eigenvalue weighted by atomic mass is 9.82. The molecule has 0 bridgehead atoms. The van der Waals surface area contributed by atoms with Gasteiger partial charge in [0.15, 0.2) is 23.0 Å². The largest absolute Gasteiger partial charge is 0.505 e. The SMILES string of the molecule is O=C1c2ccccc2C(=O)c2c(O)c([N+](=O)[O-])c(Nc3ccccc3)c(O)c21. The Morgan fingerprint density at radius 3 is 1.82 bits per heavy atom. The highest BCUT2D eigenvalue weighted by Gasteiger charge is 2.41. The number of hydrogen-bond acceptors (Lipinski definition) is 7. The number of nitrogens with one attached hydrogen (secondary N) is 1. The van der Waals surface area contributed by atoms with Gasteiger partial charge in [-0.1, -0.05) is 42.5 Å². The van der Waals surface area contributed by atoms with Gasteiger partial charge in [-0.3, -0.25) is 19.7 Å². The molecule has 4 rings (SSSR count). The second kappa shape index (κ2) is 6.20. The third-order valence-electron chi connectivity index (χ3n) is 4.52. The molecule has 0 unspecified atom stereocenters. The van der Waals surface area contributed by atoms with Gasteiger partial charge in [0.1, 0.15) is 0 Å². The fraction of sp³-hybridized carbons (Fsp3) is 0. The molecule has 0 saturated heterocycles. The average molecular weight is 376 g/mol. The van der Waals surface area contributed by atoms with Crippen LogP contribution in [-0.4, -0.2) is 26.7 Å². The fourth-order valence-corrected chi connectivity index (χ4v) is 3.26. The highest BCUT2D eigenvalue weighted by molar-refractivity contribution is 6.31. The number of phenolic OH excluding ortho intramolecular Hbond substituents is 2. The standard InChI is InChI=1S/C20H12N2O6/c23-17-11-8-4-5-9-12(11)18(24)14-13(17)19(25)15(16(20(14)26)22(27)28)21-10-6-2-1-3-7-10/h1-9,21,25-26H. The first-order valence-electron chi connectivity index (χ1n) is 8.18. The lowest BCUT2D eigenvalue weighted by Gasteiger charge is -2.21. The number of nitro benzene ring substituents is 1. The number of nitro groups is 1. The molecular formula is C20H12N2O6. The quantitative estimate of drug-likeness (QED) is 0.216. The Hall–Kier alpha value is -4.20. The molecule has 3 aromatic carbocycles. The summed E-state index contributed by atoms with van der Waals surface area (Å²) in [5.74, 6) is -3.21. The van der Waals surface area contributed by atoms with Crippen LogP contribution < -0.4 is 5.32 Å². The number of rotatable bonds is 3. The second-order valence-corrected chi connectivity index (χ2v) is 6.12.